The van der Waals surface area contributed by atoms with Crippen LogP contribution >= 0.6 is 7.72 Å². The van der Waals surface area contributed by atoms with Gasteiger partial charge in [-0.25, -0.2) is 9.79 Å². The molecule has 4 nitrogen and oxygen atoms in total. The maximum absolute atomic E-state index is 10.1. The highest BCUT2D eigenvalue weighted by atomic mass is 31.2. The molecule has 5 N–H and O–H groups in total. The van der Waals surface area contributed by atoms with Crippen LogP contribution < -0.4 is 5.73 Å². The molecule has 0 saturated carbocycles. The molecule has 0 bridgehead atoms. The van der Waals surface area contributed by atoms with Crippen molar-refractivity contribution in [1.82, 2.24) is 0 Å². The topological polar surface area (TPSA) is 90.3 Å². The third kappa shape index (κ3) is 4.14. The molecule has 0 heterocycles. The van der Waals surface area contributed by atoms with Crippen molar-refractivity contribution in [2.24, 2.45) is 11.7 Å². The van der Waals surface area contributed by atoms with Gasteiger partial charge in [-0.2, -0.15) is 0 Å². The first kappa shape index (κ1) is 15.3. The van der Waals surface area contributed by atoms with Crippen LogP contribution in [0.4, 0.5) is 0 Å². The van der Waals surface area contributed by atoms with Gasteiger partial charge in [0.05, 0.1) is 6.42 Å². The van der Waals surface area contributed by atoms with Crippen LogP contribution in [0.1, 0.15) is 25.8 Å². The number of hydrogen-bond acceptors (Lipinski definition) is 4. The summed E-state index contributed by atoms with van der Waals surface area (Å²) in [5.41, 5.74) is 6.66. The van der Waals surface area contributed by atoms with Gasteiger partial charge in [0.15, 0.2) is 5.78 Å². The molecule has 1 aromatic rings. The zero-order chi connectivity index (χ0) is 13.8. The summed E-state index contributed by atoms with van der Waals surface area (Å²) in [6, 6.07) is 9.35. The first-order chi connectivity index (χ1) is 8.34. The Balaban J connectivity index is 2.70. The molecule has 18 heavy (non-hydrogen) atoms. The van der Waals surface area contributed by atoms with Crippen LogP contribution in [-0.2, 0) is 6.42 Å². The van der Waals surface area contributed by atoms with E-state index in [2.05, 4.69) is 0 Å². The van der Waals surface area contributed by atoms with Gasteiger partial charge in [-0.15, -0.1) is 0 Å². The average Bonchev–Trinajstić information content (AvgIpc) is 2.29. The Kier molecular flexibility index (Phi) is 5.42. The van der Waals surface area contributed by atoms with Crippen molar-refractivity contribution in [3.63, 3.8) is 0 Å². The van der Waals surface area contributed by atoms with Gasteiger partial charge in [0, 0.05) is 6.42 Å². The van der Waals surface area contributed by atoms with Crippen LogP contribution in [-0.4, -0.2) is 21.0 Å². The van der Waals surface area contributed by atoms with Crippen LogP contribution in [0.3, 0.4) is 0 Å². The second-order valence-corrected chi connectivity index (χ2v) is 7.46. The lowest BCUT2D eigenvalue weighted by molar-refractivity contribution is 0.429. The van der Waals surface area contributed by atoms with Gasteiger partial charge in [-0.05, 0) is 11.5 Å². The molecule has 1 atom stereocenters. The Morgan fingerprint density at radius 2 is 1.83 bits per heavy atom. The van der Waals surface area contributed by atoms with Crippen molar-refractivity contribution in [2.45, 2.75) is 32.5 Å². The van der Waals surface area contributed by atoms with Gasteiger partial charge >= 0.3 is 7.72 Å². The minimum Gasteiger partial charge on any atom is -0.292 e. The molecule has 1 rings (SSSR count). The smallest absolute Gasteiger partial charge is 0.292 e. The molecule has 0 aliphatic rings. The molecule has 1 unspecified atom stereocenters. The monoisotopic (exact) mass is 269 g/mol. The normalized spacial score (nSPS) is 13.7. The van der Waals surface area contributed by atoms with E-state index >= 15 is 0 Å². The predicted octanol–water partition coefficient (Wildman–Crippen LogP) is 2.37. The molecule has 0 saturated heterocycles. The summed E-state index contributed by atoms with van der Waals surface area (Å²) in [6.45, 7) is 3.95. The maximum Gasteiger partial charge on any atom is 0.331 e. The van der Waals surface area contributed by atoms with Gasteiger partial charge in [-0.1, -0.05) is 44.2 Å². The zero-order valence-corrected chi connectivity index (χ0v) is 11.8. The quantitative estimate of drug-likeness (QED) is 0.472. The maximum atomic E-state index is 10.1. The molecule has 100 valence electrons. The van der Waals surface area contributed by atoms with Crippen molar-refractivity contribution >= 4 is 13.2 Å². The summed E-state index contributed by atoms with van der Waals surface area (Å²) < 4.78 is 0. The molecule has 0 fully saturated rings. The molecule has 0 radical (unpaired) electrons. The summed E-state index contributed by atoms with van der Waals surface area (Å²) >= 11 is 0. The Hall–Kier alpha value is -0.800. The Labute approximate surface area is 109 Å². The Morgan fingerprint density at radius 3 is 2.33 bits per heavy atom. The van der Waals surface area contributed by atoms with Gasteiger partial charge in [-0.3, -0.25) is 11.1 Å². The Bertz CT molecular complexity index is 393. The highest BCUT2D eigenvalue weighted by Gasteiger charge is 2.47. The average molecular weight is 269 g/mol. The van der Waals surface area contributed by atoms with E-state index in [1.807, 2.05) is 44.2 Å². The standard InChI is InChI=1S/C13H22N2O2P/c1-10(2)8-12(14)18(16,17)13(15)9-11-6-4-3-5-7-11/h3-7,10,12,15-17H,8-9,14H2,1-2H3/q+1. The van der Waals surface area contributed by atoms with Gasteiger partial charge in [0.1, 0.15) is 0 Å². The molecular weight excluding hydrogens is 247 g/mol. The molecule has 0 spiro atoms. The molecule has 0 amide bonds. The lowest BCUT2D eigenvalue weighted by Crippen LogP contribution is -2.30. The van der Waals surface area contributed by atoms with E-state index in [1.165, 1.54) is 0 Å². The molecule has 0 aliphatic carbocycles. The van der Waals surface area contributed by atoms with E-state index in [-0.39, 0.29) is 17.8 Å². The fraction of sp³-hybridized carbons (Fsp3) is 0.462. The number of nitrogens with one attached hydrogen (secondary N) is 1. The first-order valence-electron chi connectivity index (χ1n) is 6.05. The molecule has 1 aromatic carbocycles. The van der Waals surface area contributed by atoms with Crippen LogP contribution in [0.25, 0.3) is 0 Å². The highest BCUT2D eigenvalue weighted by molar-refractivity contribution is 7.82. The minimum atomic E-state index is -3.48. The molecule has 0 aliphatic heterocycles. The van der Waals surface area contributed by atoms with E-state index in [1.54, 1.807) is 0 Å². The van der Waals surface area contributed by atoms with Crippen LogP contribution in [0, 0.1) is 11.3 Å². The third-order valence-electron chi connectivity index (χ3n) is 2.79. The van der Waals surface area contributed by atoms with Crippen molar-refractivity contribution in [3.8, 4) is 0 Å². The SMILES string of the molecule is CC(C)CC(N)[P+](O)(O)C(=N)Cc1ccccc1. The summed E-state index contributed by atoms with van der Waals surface area (Å²) in [5, 5.41) is 7.87. The summed E-state index contributed by atoms with van der Waals surface area (Å²) in [4.78, 5) is 20.2. The fourth-order valence-corrected chi connectivity index (χ4v) is 3.27. The van der Waals surface area contributed by atoms with Crippen LogP contribution in [0.2, 0.25) is 0 Å². The first-order valence-corrected chi connectivity index (χ1v) is 7.82. The van der Waals surface area contributed by atoms with Crippen LogP contribution in [0.15, 0.2) is 30.3 Å². The fourth-order valence-electron chi connectivity index (χ4n) is 1.74. The van der Waals surface area contributed by atoms with E-state index in [9.17, 15) is 9.79 Å². The lowest BCUT2D eigenvalue weighted by Gasteiger charge is -2.20. The molecular formula is C13H22N2O2P+. The number of hydrogen-bond donors (Lipinski definition) is 4. The molecule has 5 heteroatoms. The Morgan fingerprint density at radius 1 is 1.28 bits per heavy atom. The van der Waals surface area contributed by atoms with Gasteiger partial charge < -0.3 is 0 Å². The number of benzene rings is 1. The summed E-state index contributed by atoms with van der Waals surface area (Å²) in [6.07, 6.45) is 0.755. The predicted molar refractivity (Wildman–Crippen MR) is 76.7 cm³/mol. The zero-order valence-electron chi connectivity index (χ0n) is 10.9. The van der Waals surface area contributed by atoms with Crippen molar-refractivity contribution in [3.05, 3.63) is 35.9 Å². The van der Waals surface area contributed by atoms with E-state index < -0.39 is 13.5 Å². The minimum absolute atomic E-state index is 0.0538. The van der Waals surface area contributed by atoms with E-state index in [0.717, 1.165) is 5.56 Å². The van der Waals surface area contributed by atoms with E-state index in [4.69, 9.17) is 11.1 Å². The molecule has 0 aromatic heterocycles. The van der Waals surface area contributed by atoms with Gasteiger partial charge in [0.25, 0.3) is 0 Å². The van der Waals surface area contributed by atoms with Crippen molar-refractivity contribution < 1.29 is 9.79 Å². The second-order valence-electron chi connectivity index (χ2n) is 4.96. The third-order valence-corrected chi connectivity index (χ3v) is 4.88. The van der Waals surface area contributed by atoms with E-state index in [0.29, 0.717) is 6.42 Å². The van der Waals surface area contributed by atoms with Crippen LogP contribution in [0.5, 0.6) is 0 Å². The largest absolute Gasteiger partial charge is 0.331 e. The number of nitrogens with two attached hydrogens (primary N) is 1. The lowest BCUT2D eigenvalue weighted by atomic mass is 10.1. The van der Waals surface area contributed by atoms with Gasteiger partial charge in [0.2, 0.25) is 5.45 Å². The highest BCUT2D eigenvalue weighted by Crippen LogP contribution is 2.56. The second kappa shape index (κ2) is 6.39. The van der Waals surface area contributed by atoms with Crippen molar-refractivity contribution in [1.29, 1.82) is 5.41 Å². The number of rotatable bonds is 6. The summed E-state index contributed by atoms with van der Waals surface area (Å²) in [5.74, 6) is -0.447. The summed E-state index contributed by atoms with van der Waals surface area (Å²) in [7, 11) is -3.48. The van der Waals surface area contributed by atoms with Crippen molar-refractivity contribution in [2.75, 3.05) is 0 Å².